The number of imidazole rings is 1. The van der Waals surface area contributed by atoms with E-state index in [1.807, 2.05) is 77.4 Å². The third-order valence-corrected chi connectivity index (χ3v) is 6.15. The molecule has 2 amide bonds. The zero-order valence-electron chi connectivity index (χ0n) is 21.1. The number of nitrogens with zero attached hydrogens (tertiary/aromatic N) is 4. The summed E-state index contributed by atoms with van der Waals surface area (Å²) in [7, 11) is 0. The highest BCUT2D eigenvalue weighted by Crippen LogP contribution is 2.30. The van der Waals surface area contributed by atoms with E-state index in [9.17, 15) is 4.79 Å². The molecule has 0 unspecified atom stereocenters. The fraction of sp³-hybridized carbons (Fsp3) is 0.172. The molecule has 2 aromatic carbocycles. The third-order valence-electron chi connectivity index (χ3n) is 6.15. The number of hydrogen-bond acceptors (Lipinski definition) is 5. The summed E-state index contributed by atoms with van der Waals surface area (Å²) in [5, 5.41) is 5.80. The fourth-order valence-electron chi connectivity index (χ4n) is 4.12. The minimum atomic E-state index is -0.258. The van der Waals surface area contributed by atoms with Crippen molar-refractivity contribution in [1.29, 1.82) is 0 Å². The number of benzene rings is 2. The molecule has 0 bridgehead atoms. The van der Waals surface area contributed by atoms with Gasteiger partial charge < -0.3 is 16.4 Å². The Labute approximate surface area is 215 Å². The summed E-state index contributed by atoms with van der Waals surface area (Å²) < 4.78 is 1.97. The molecule has 0 saturated heterocycles. The van der Waals surface area contributed by atoms with Gasteiger partial charge in [-0.3, -0.25) is 4.57 Å². The topological polar surface area (TPSA) is 111 Å². The summed E-state index contributed by atoms with van der Waals surface area (Å²) >= 11 is 0. The van der Waals surface area contributed by atoms with E-state index >= 15 is 0 Å². The van der Waals surface area contributed by atoms with E-state index in [4.69, 9.17) is 10.7 Å². The molecule has 0 radical (unpaired) electrons. The summed E-state index contributed by atoms with van der Waals surface area (Å²) in [6.45, 7) is 6.87. The Kier molecular flexibility index (Phi) is 6.31. The first-order chi connectivity index (χ1) is 17.8. The molecule has 0 spiro atoms. The molecule has 0 aliphatic heterocycles. The first kappa shape index (κ1) is 24.0. The maximum Gasteiger partial charge on any atom is 0.319 e. The number of hydrogen-bond donors (Lipinski definition) is 3. The average molecular weight is 492 g/mol. The van der Waals surface area contributed by atoms with Crippen molar-refractivity contribution in [3.8, 4) is 17.1 Å². The van der Waals surface area contributed by atoms with Crippen molar-refractivity contribution in [1.82, 2.24) is 24.8 Å². The van der Waals surface area contributed by atoms with E-state index < -0.39 is 0 Å². The number of rotatable bonds is 5. The van der Waals surface area contributed by atoms with Crippen LogP contribution in [0.4, 0.5) is 16.3 Å². The maximum atomic E-state index is 12.4. The number of nitrogens with two attached hydrogens (primary N) is 1. The monoisotopic (exact) mass is 491 g/mol. The van der Waals surface area contributed by atoms with Gasteiger partial charge >= 0.3 is 6.03 Å². The van der Waals surface area contributed by atoms with Gasteiger partial charge in [0.15, 0.2) is 11.5 Å². The highest BCUT2D eigenvalue weighted by atomic mass is 16.2. The molecule has 37 heavy (non-hydrogen) atoms. The molecular formula is C29H29N7O. The molecule has 8 heteroatoms. The van der Waals surface area contributed by atoms with Crippen molar-refractivity contribution in [2.24, 2.45) is 0 Å². The van der Waals surface area contributed by atoms with Crippen LogP contribution >= 0.6 is 0 Å². The summed E-state index contributed by atoms with van der Waals surface area (Å²) in [5.74, 6) is 1.07. The van der Waals surface area contributed by atoms with Gasteiger partial charge in [0.05, 0.1) is 5.56 Å². The Morgan fingerprint density at radius 1 is 0.919 bits per heavy atom. The molecule has 5 rings (SSSR count). The predicted octanol–water partition coefficient (Wildman–Crippen LogP) is 5.68. The second-order valence-corrected chi connectivity index (χ2v) is 9.85. The van der Waals surface area contributed by atoms with Gasteiger partial charge in [-0.15, -0.1) is 0 Å². The van der Waals surface area contributed by atoms with Crippen LogP contribution in [0.5, 0.6) is 0 Å². The first-order valence-corrected chi connectivity index (χ1v) is 12.1. The number of nitrogens with one attached hydrogen (secondary N) is 2. The number of aromatic nitrogens is 4. The number of urea groups is 1. The molecule has 0 atom stereocenters. The summed E-state index contributed by atoms with van der Waals surface area (Å²) in [6, 6.07) is 23.1. The van der Waals surface area contributed by atoms with Gasteiger partial charge in [0.25, 0.3) is 0 Å². The summed E-state index contributed by atoms with van der Waals surface area (Å²) in [5.41, 5.74) is 12.3. The van der Waals surface area contributed by atoms with Crippen molar-refractivity contribution < 1.29 is 4.79 Å². The molecule has 3 aromatic heterocycles. The molecule has 3 heterocycles. The Bertz CT molecular complexity index is 1550. The zero-order valence-corrected chi connectivity index (χ0v) is 21.1. The molecule has 4 N–H and O–H groups in total. The number of carbonyl (C=O) groups excluding carboxylic acids is 1. The summed E-state index contributed by atoms with van der Waals surface area (Å²) in [6.07, 6.45) is 3.40. The highest BCUT2D eigenvalue weighted by Gasteiger charge is 2.17. The van der Waals surface area contributed by atoms with Gasteiger partial charge in [-0.05, 0) is 65.1 Å². The Hall–Kier alpha value is -4.72. The number of nitrogen functional groups attached to an aromatic ring is 1. The minimum absolute atomic E-state index is 0.0668. The van der Waals surface area contributed by atoms with Crippen LogP contribution in [-0.2, 0) is 12.0 Å². The van der Waals surface area contributed by atoms with Gasteiger partial charge in [0.1, 0.15) is 11.3 Å². The van der Waals surface area contributed by atoms with Crippen molar-refractivity contribution in [2.75, 3.05) is 11.1 Å². The second-order valence-electron chi connectivity index (χ2n) is 9.85. The lowest BCUT2D eigenvalue weighted by Crippen LogP contribution is -2.28. The number of anilines is 2. The average Bonchev–Trinajstić information content (AvgIpc) is 3.27. The van der Waals surface area contributed by atoms with Crippen LogP contribution in [0, 0.1) is 0 Å². The smallest absolute Gasteiger partial charge is 0.319 e. The SMILES string of the molecule is CC(C)(C)c1ccc(NC(=O)NCc2ccc(-n3c(-c4cccnc4N)nc4cccnc43)cc2)cc1. The van der Waals surface area contributed by atoms with E-state index in [0.717, 1.165) is 33.7 Å². The number of fused-ring (bicyclic) bond motifs is 1. The first-order valence-electron chi connectivity index (χ1n) is 12.1. The molecule has 8 nitrogen and oxygen atoms in total. The van der Waals surface area contributed by atoms with Gasteiger partial charge in [-0.2, -0.15) is 0 Å². The Morgan fingerprint density at radius 2 is 1.62 bits per heavy atom. The zero-order chi connectivity index (χ0) is 26.0. The van der Waals surface area contributed by atoms with Gasteiger partial charge in [0.2, 0.25) is 0 Å². The van der Waals surface area contributed by atoms with Crippen LogP contribution in [0.2, 0.25) is 0 Å². The lowest BCUT2D eigenvalue weighted by atomic mass is 9.87. The Balaban J connectivity index is 1.32. The van der Waals surface area contributed by atoms with E-state index in [1.165, 1.54) is 5.56 Å². The minimum Gasteiger partial charge on any atom is -0.383 e. The molecule has 0 aliphatic carbocycles. The second kappa shape index (κ2) is 9.73. The molecule has 186 valence electrons. The van der Waals surface area contributed by atoms with E-state index in [1.54, 1.807) is 12.4 Å². The molecular weight excluding hydrogens is 462 g/mol. The van der Waals surface area contributed by atoms with E-state index in [0.29, 0.717) is 18.2 Å². The van der Waals surface area contributed by atoms with Crippen LogP contribution in [0.15, 0.2) is 85.2 Å². The maximum absolute atomic E-state index is 12.4. The van der Waals surface area contributed by atoms with Crippen LogP contribution in [-0.4, -0.2) is 25.6 Å². The number of amides is 2. The van der Waals surface area contributed by atoms with Gasteiger partial charge in [-0.25, -0.2) is 19.7 Å². The lowest BCUT2D eigenvalue weighted by molar-refractivity contribution is 0.251. The van der Waals surface area contributed by atoms with Crippen molar-refractivity contribution in [2.45, 2.75) is 32.7 Å². The van der Waals surface area contributed by atoms with E-state index in [2.05, 4.69) is 41.4 Å². The lowest BCUT2D eigenvalue weighted by Gasteiger charge is -2.19. The predicted molar refractivity (Wildman–Crippen MR) is 148 cm³/mol. The van der Waals surface area contributed by atoms with Gasteiger partial charge in [0, 0.05) is 30.3 Å². The highest BCUT2D eigenvalue weighted by molar-refractivity contribution is 5.89. The molecule has 0 saturated carbocycles. The number of carbonyl (C=O) groups is 1. The van der Waals surface area contributed by atoms with Crippen LogP contribution in [0.25, 0.3) is 28.2 Å². The third kappa shape index (κ3) is 5.13. The van der Waals surface area contributed by atoms with Crippen LogP contribution in [0.3, 0.4) is 0 Å². The largest absolute Gasteiger partial charge is 0.383 e. The van der Waals surface area contributed by atoms with Gasteiger partial charge in [-0.1, -0.05) is 45.0 Å². The van der Waals surface area contributed by atoms with Crippen LogP contribution in [0.1, 0.15) is 31.9 Å². The van der Waals surface area contributed by atoms with Crippen molar-refractivity contribution >= 4 is 28.7 Å². The van der Waals surface area contributed by atoms with Crippen LogP contribution < -0.4 is 16.4 Å². The number of pyridine rings is 2. The van der Waals surface area contributed by atoms with Crippen molar-refractivity contribution in [3.63, 3.8) is 0 Å². The fourth-order valence-corrected chi connectivity index (χ4v) is 4.12. The molecule has 0 aliphatic rings. The van der Waals surface area contributed by atoms with E-state index in [-0.39, 0.29) is 11.4 Å². The Morgan fingerprint density at radius 3 is 2.32 bits per heavy atom. The standard InChI is InChI=1S/C29H29N7O/c1-29(2,3)20-10-12-21(13-11-20)34-28(37)33-18-19-8-14-22(15-9-19)36-26(23-6-4-16-31-25(23)30)35-24-7-5-17-32-27(24)36/h4-17H,18H2,1-3H3,(H2,30,31)(H2,33,34,37). The quantitative estimate of drug-likeness (QED) is 0.293. The van der Waals surface area contributed by atoms with Crippen molar-refractivity contribution in [3.05, 3.63) is 96.3 Å². The summed E-state index contributed by atoms with van der Waals surface area (Å²) in [4.78, 5) is 26.0. The molecule has 5 aromatic rings. The molecule has 0 fully saturated rings. The normalized spacial score (nSPS) is 11.4.